The van der Waals surface area contributed by atoms with E-state index in [1.165, 1.54) is 0 Å². The highest BCUT2D eigenvalue weighted by atomic mass is 31.2. The summed E-state index contributed by atoms with van der Waals surface area (Å²) >= 11 is 0. The van der Waals surface area contributed by atoms with Crippen LogP contribution in [0, 0.1) is 0 Å². The molecule has 0 spiro atoms. The van der Waals surface area contributed by atoms with E-state index in [0.717, 1.165) is 0 Å². The Morgan fingerprint density at radius 3 is 2.55 bits per heavy atom. The lowest BCUT2D eigenvalue weighted by Gasteiger charge is -1.98. The van der Waals surface area contributed by atoms with Crippen LogP contribution in [0.3, 0.4) is 0 Å². The minimum atomic E-state index is -4.97. The van der Waals surface area contributed by atoms with E-state index in [1.54, 1.807) is 0 Å². The molecular weight excluding hydrogens is 171 g/mol. The largest absolute Gasteiger partial charge is 0.406 e. The normalized spacial score (nSPS) is 10.4. The van der Waals surface area contributed by atoms with Crippen molar-refractivity contribution in [2.45, 2.75) is 0 Å². The summed E-state index contributed by atoms with van der Waals surface area (Å²) in [4.78, 5) is 3.44. The molecule has 0 N–H and O–H groups in total. The van der Waals surface area contributed by atoms with Crippen molar-refractivity contribution in [2.24, 2.45) is 4.99 Å². The van der Waals surface area contributed by atoms with Crippen molar-refractivity contribution in [1.82, 2.24) is 0 Å². The van der Waals surface area contributed by atoms with Gasteiger partial charge in [-0.15, -0.1) is 0 Å². The number of aliphatic imine (C=N–C) groups is 1. The monoisotopic (exact) mass is 179 g/mol. The quantitative estimate of drug-likeness (QED) is 0.370. The molecule has 0 fully saturated rings. The summed E-state index contributed by atoms with van der Waals surface area (Å²) in [6, 6.07) is 0. The first-order chi connectivity index (χ1) is 4.95. The van der Waals surface area contributed by atoms with Crippen molar-refractivity contribution in [3.63, 3.8) is 0 Å². The zero-order valence-corrected chi connectivity index (χ0v) is 6.78. The van der Waals surface area contributed by atoms with Crippen molar-refractivity contribution in [3.05, 3.63) is 18.7 Å². The molecule has 0 aliphatic rings. The average Bonchev–Trinajstić information content (AvgIpc) is 1.79. The van der Waals surface area contributed by atoms with Crippen molar-refractivity contribution >= 4 is 13.6 Å². The maximum absolute atomic E-state index is 11.8. The summed E-state index contributed by atoms with van der Waals surface area (Å²) in [6.45, 7) is 6.42. The molecule has 0 saturated carbocycles. The molecule has 0 rings (SSSR count). The van der Waals surface area contributed by atoms with E-state index in [1.807, 2.05) is 0 Å². The molecule has 0 aromatic rings. The predicted octanol–water partition coefficient (Wildman–Crippen LogP) is 2.53. The highest BCUT2D eigenvalue weighted by Crippen LogP contribution is 2.50. The molecule has 0 bridgehead atoms. The van der Waals surface area contributed by atoms with Crippen LogP contribution < -0.4 is 0 Å². The molecule has 62 valence electrons. The SMILES string of the molecule is C=C=NCC(=C)CP(=O)(F)F. The third-order valence-corrected chi connectivity index (χ3v) is 1.64. The van der Waals surface area contributed by atoms with Gasteiger partial charge in [0.25, 0.3) is 0 Å². The molecule has 0 aliphatic heterocycles. The number of hydrogen-bond acceptors (Lipinski definition) is 2. The van der Waals surface area contributed by atoms with E-state index in [-0.39, 0.29) is 12.1 Å². The summed E-state index contributed by atoms with van der Waals surface area (Å²) in [5, 5.41) is 0. The van der Waals surface area contributed by atoms with Gasteiger partial charge in [0.05, 0.1) is 12.7 Å². The Morgan fingerprint density at radius 1 is 1.64 bits per heavy atom. The van der Waals surface area contributed by atoms with Gasteiger partial charge in [0.1, 0.15) is 0 Å². The summed E-state index contributed by atoms with van der Waals surface area (Å²) in [5.41, 5.74) is 0.134. The zero-order chi connectivity index (χ0) is 8.91. The second-order valence-electron chi connectivity index (χ2n) is 1.95. The van der Waals surface area contributed by atoms with E-state index < -0.39 is 13.9 Å². The van der Waals surface area contributed by atoms with Crippen LogP contribution in [0.25, 0.3) is 0 Å². The number of rotatable bonds is 4. The Labute approximate surface area is 63.9 Å². The van der Waals surface area contributed by atoms with Gasteiger partial charge in [-0.3, -0.25) is 0 Å². The van der Waals surface area contributed by atoms with Crippen molar-refractivity contribution < 1.29 is 13.0 Å². The number of hydrogen-bond donors (Lipinski definition) is 0. The average molecular weight is 179 g/mol. The van der Waals surface area contributed by atoms with Crippen molar-refractivity contribution in [1.29, 1.82) is 0 Å². The molecule has 0 heterocycles. The van der Waals surface area contributed by atoms with Gasteiger partial charge in [0, 0.05) is 0 Å². The molecule has 0 radical (unpaired) electrons. The first-order valence-electron chi connectivity index (χ1n) is 2.79. The van der Waals surface area contributed by atoms with Crippen LogP contribution in [-0.4, -0.2) is 18.6 Å². The van der Waals surface area contributed by atoms with E-state index in [2.05, 4.69) is 24.0 Å². The molecule has 2 nitrogen and oxygen atoms in total. The van der Waals surface area contributed by atoms with E-state index in [9.17, 15) is 13.0 Å². The minimum absolute atomic E-state index is 0.0152. The molecule has 11 heavy (non-hydrogen) atoms. The van der Waals surface area contributed by atoms with Gasteiger partial charge in [-0.05, 0) is 18.0 Å². The third kappa shape index (κ3) is 7.17. The zero-order valence-electron chi connectivity index (χ0n) is 5.89. The van der Waals surface area contributed by atoms with Crippen LogP contribution in [0.5, 0.6) is 0 Å². The Morgan fingerprint density at radius 2 is 2.18 bits per heavy atom. The fraction of sp³-hybridized carbons (Fsp3) is 0.333. The van der Waals surface area contributed by atoms with Gasteiger partial charge in [0.2, 0.25) is 0 Å². The van der Waals surface area contributed by atoms with Crippen LogP contribution in [0.1, 0.15) is 0 Å². The fourth-order valence-corrected chi connectivity index (χ4v) is 1.10. The second-order valence-corrected chi connectivity index (χ2v) is 3.41. The van der Waals surface area contributed by atoms with E-state index >= 15 is 0 Å². The Balaban J connectivity index is 3.89. The van der Waals surface area contributed by atoms with Crippen LogP contribution in [0.4, 0.5) is 8.39 Å². The fourth-order valence-electron chi connectivity index (χ4n) is 0.478. The van der Waals surface area contributed by atoms with Crippen molar-refractivity contribution in [2.75, 3.05) is 12.7 Å². The van der Waals surface area contributed by atoms with Crippen LogP contribution in [0.15, 0.2) is 23.7 Å². The first kappa shape index (κ1) is 10.3. The molecule has 0 aromatic carbocycles. The van der Waals surface area contributed by atoms with Gasteiger partial charge in [-0.1, -0.05) is 6.58 Å². The summed E-state index contributed by atoms with van der Waals surface area (Å²) in [7, 11) is -4.97. The molecule has 0 aromatic heterocycles. The molecule has 0 saturated heterocycles. The maximum Gasteiger partial charge on any atom is 0.406 e. The topological polar surface area (TPSA) is 29.4 Å². The summed E-state index contributed by atoms with van der Waals surface area (Å²) in [6.07, 6.45) is -0.766. The van der Waals surface area contributed by atoms with Crippen LogP contribution in [0.2, 0.25) is 0 Å². The van der Waals surface area contributed by atoms with Gasteiger partial charge in [0.15, 0.2) is 0 Å². The predicted molar refractivity (Wildman–Crippen MR) is 41.8 cm³/mol. The second kappa shape index (κ2) is 4.22. The van der Waals surface area contributed by atoms with E-state index in [4.69, 9.17) is 0 Å². The Hall–Kier alpha value is -0.720. The number of nitrogens with zero attached hydrogens (tertiary/aromatic N) is 1. The Kier molecular flexibility index (Phi) is 3.94. The maximum atomic E-state index is 11.8. The lowest BCUT2D eigenvalue weighted by molar-refractivity contribution is 0.497. The third-order valence-electron chi connectivity index (χ3n) is 0.822. The summed E-state index contributed by atoms with van der Waals surface area (Å²) < 4.78 is 33.6. The van der Waals surface area contributed by atoms with Crippen molar-refractivity contribution in [3.8, 4) is 0 Å². The van der Waals surface area contributed by atoms with E-state index in [0.29, 0.717) is 0 Å². The molecule has 0 amide bonds. The molecular formula is C6H8F2NOP. The number of halogens is 2. The molecule has 0 unspecified atom stereocenters. The first-order valence-corrected chi connectivity index (χ1v) is 4.46. The highest BCUT2D eigenvalue weighted by Gasteiger charge is 2.19. The van der Waals surface area contributed by atoms with Crippen LogP contribution in [-0.2, 0) is 4.57 Å². The van der Waals surface area contributed by atoms with Gasteiger partial charge < -0.3 is 0 Å². The smallest absolute Gasteiger partial charge is 0.250 e. The molecule has 0 aliphatic carbocycles. The Bertz CT molecular complexity index is 239. The van der Waals surface area contributed by atoms with Gasteiger partial charge in [-0.25, -0.2) is 9.56 Å². The lowest BCUT2D eigenvalue weighted by Crippen LogP contribution is -1.90. The summed E-state index contributed by atoms with van der Waals surface area (Å²) in [5.74, 6) is 2.16. The van der Waals surface area contributed by atoms with Gasteiger partial charge in [-0.2, -0.15) is 8.39 Å². The highest BCUT2D eigenvalue weighted by molar-refractivity contribution is 7.53. The van der Waals surface area contributed by atoms with Crippen LogP contribution >= 0.6 is 7.76 Å². The molecule has 5 heteroatoms. The molecule has 0 atom stereocenters. The standard InChI is InChI=1S/C6H8F2NOP/c1-3-9-4-6(2)5-11(7,8)10/h1-2,4-5H2. The lowest BCUT2D eigenvalue weighted by atomic mass is 10.4. The van der Waals surface area contributed by atoms with Gasteiger partial charge >= 0.3 is 7.76 Å². The minimum Gasteiger partial charge on any atom is -0.250 e.